The summed E-state index contributed by atoms with van der Waals surface area (Å²) < 4.78 is 0. The van der Waals surface area contributed by atoms with Crippen molar-refractivity contribution in [2.75, 3.05) is 6.54 Å². The van der Waals surface area contributed by atoms with Gasteiger partial charge in [0, 0.05) is 13.0 Å². The second-order valence-corrected chi connectivity index (χ2v) is 12.0. The minimum absolute atomic E-state index is 0.00468. The van der Waals surface area contributed by atoms with E-state index in [4.69, 9.17) is 0 Å². The number of rotatable bonds is 5. The zero-order valence-electron chi connectivity index (χ0n) is 20.0. The van der Waals surface area contributed by atoms with Gasteiger partial charge in [-0.2, -0.15) is 0 Å². The maximum absolute atomic E-state index is 12.0. The van der Waals surface area contributed by atoms with E-state index in [0.717, 1.165) is 32.1 Å². The first-order valence-corrected chi connectivity index (χ1v) is 12.9. The van der Waals surface area contributed by atoms with E-state index in [-0.39, 0.29) is 34.7 Å². The Morgan fingerprint density at radius 1 is 0.968 bits per heavy atom. The largest absolute Gasteiger partial charge is 0.393 e. The van der Waals surface area contributed by atoms with Crippen molar-refractivity contribution in [1.29, 1.82) is 0 Å². The van der Waals surface area contributed by atoms with Gasteiger partial charge in [-0.3, -0.25) is 4.79 Å². The molecule has 5 heteroatoms. The predicted octanol–water partition coefficient (Wildman–Crippen LogP) is 3.50. The maximum Gasteiger partial charge on any atom is 0.219 e. The number of aliphatic hydroxyl groups is 3. The number of hydrogen-bond donors (Lipinski definition) is 4. The van der Waals surface area contributed by atoms with Crippen LogP contribution >= 0.6 is 0 Å². The van der Waals surface area contributed by atoms with Crippen molar-refractivity contribution in [2.24, 2.45) is 46.3 Å². The molecule has 0 spiro atoms. The van der Waals surface area contributed by atoms with E-state index in [2.05, 4.69) is 26.1 Å². The number of nitrogens with one attached hydrogen (secondary N) is 1. The van der Waals surface area contributed by atoms with Gasteiger partial charge in [0.05, 0.1) is 18.3 Å². The molecule has 5 nitrogen and oxygen atoms in total. The highest BCUT2D eigenvalue weighted by Crippen LogP contribution is 2.68. The van der Waals surface area contributed by atoms with Crippen molar-refractivity contribution in [2.45, 2.75) is 104 Å². The fourth-order valence-corrected chi connectivity index (χ4v) is 9.06. The maximum atomic E-state index is 12.0. The Hall–Kier alpha value is -0.650. The lowest BCUT2D eigenvalue weighted by molar-refractivity contribution is -0.223. The Morgan fingerprint density at radius 3 is 2.35 bits per heavy atom. The van der Waals surface area contributed by atoms with Crippen LogP contribution in [0.15, 0.2) is 0 Å². The molecule has 0 radical (unpaired) electrons. The minimum atomic E-state index is -0.724. The summed E-state index contributed by atoms with van der Waals surface area (Å²) in [6.45, 7) is 9.74. The van der Waals surface area contributed by atoms with E-state index in [9.17, 15) is 20.1 Å². The molecule has 0 aromatic rings. The van der Waals surface area contributed by atoms with Gasteiger partial charge in [-0.25, -0.2) is 0 Å². The van der Waals surface area contributed by atoms with Crippen molar-refractivity contribution in [3.05, 3.63) is 0 Å². The molecule has 0 bridgehead atoms. The molecule has 4 aliphatic rings. The molecule has 0 heterocycles. The quantitative estimate of drug-likeness (QED) is 0.532. The predicted molar refractivity (Wildman–Crippen MR) is 121 cm³/mol. The van der Waals surface area contributed by atoms with Crippen molar-refractivity contribution < 1.29 is 20.1 Å². The van der Waals surface area contributed by atoms with Crippen LogP contribution in [-0.2, 0) is 4.79 Å². The average molecular weight is 436 g/mol. The third kappa shape index (κ3) is 3.77. The smallest absolute Gasteiger partial charge is 0.219 e. The molecule has 0 aliphatic heterocycles. The fraction of sp³-hybridized carbons (Fsp3) is 0.962. The van der Waals surface area contributed by atoms with Crippen LogP contribution in [0.1, 0.15) is 85.5 Å². The van der Waals surface area contributed by atoms with Gasteiger partial charge in [0.1, 0.15) is 0 Å². The number of amides is 1. The number of hydrogen-bond acceptors (Lipinski definition) is 4. The van der Waals surface area contributed by atoms with Crippen LogP contribution in [0.25, 0.3) is 0 Å². The number of aliphatic hydroxyl groups excluding tert-OH is 3. The van der Waals surface area contributed by atoms with Gasteiger partial charge in [-0.15, -0.1) is 0 Å². The van der Waals surface area contributed by atoms with Crippen LogP contribution in [0, 0.1) is 46.3 Å². The molecule has 4 saturated carbocycles. The van der Waals surface area contributed by atoms with Crippen molar-refractivity contribution >= 4 is 5.91 Å². The Bertz CT molecular complexity index is 670. The van der Waals surface area contributed by atoms with Gasteiger partial charge in [-0.1, -0.05) is 20.8 Å². The van der Waals surface area contributed by atoms with E-state index in [0.29, 0.717) is 43.1 Å². The van der Waals surface area contributed by atoms with Gasteiger partial charge >= 0.3 is 0 Å². The van der Waals surface area contributed by atoms with Gasteiger partial charge in [0.25, 0.3) is 0 Å². The molecule has 31 heavy (non-hydrogen) atoms. The van der Waals surface area contributed by atoms with Crippen LogP contribution in [0.5, 0.6) is 0 Å². The molecule has 4 fully saturated rings. The second kappa shape index (κ2) is 8.61. The summed E-state index contributed by atoms with van der Waals surface area (Å²) in [5, 5.41) is 35.7. The van der Waals surface area contributed by atoms with Crippen LogP contribution in [-0.4, -0.2) is 46.1 Å². The van der Waals surface area contributed by atoms with Crippen molar-refractivity contribution in [3.8, 4) is 0 Å². The molecule has 4 aliphatic carbocycles. The van der Waals surface area contributed by atoms with Gasteiger partial charge in [0.15, 0.2) is 0 Å². The van der Waals surface area contributed by atoms with Crippen LogP contribution in [0.4, 0.5) is 0 Å². The van der Waals surface area contributed by atoms with Gasteiger partial charge < -0.3 is 20.6 Å². The zero-order valence-corrected chi connectivity index (χ0v) is 20.0. The highest BCUT2D eigenvalue weighted by atomic mass is 16.3. The lowest BCUT2D eigenvalue weighted by Crippen LogP contribution is -2.64. The molecular formula is C26H45NO4. The number of fused-ring (bicyclic) bond motifs is 5. The number of carbonyl (C=O) groups excluding carboxylic acids is 1. The minimum Gasteiger partial charge on any atom is -0.393 e. The van der Waals surface area contributed by atoms with E-state index >= 15 is 0 Å². The Kier molecular flexibility index (Phi) is 6.53. The third-order valence-electron chi connectivity index (χ3n) is 10.7. The first-order chi connectivity index (χ1) is 14.6. The first-order valence-electron chi connectivity index (χ1n) is 12.9. The van der Waals surface area contributed by atoms with E-state index in [1.54, 1.807) is 0 Å². The van der Waals surface area contributed by atoms with E-state index in [1.807, 2.05) is 6.92 Å². The highest BCUT2D eigenvalue weighted by Gasteiger charge is 2.65. The molecule has 4 rings (SSSR count). The Morgan fingerprint density at radius 2 is 1.65 bits per heavy atom. The lowest BCUT2D eigenvalue weighted by atomic mass is 9.43. The van der Waals surface area contributed by atoms with E-state index < -0.39 is 12.2 Å². The zero-order chi connectivity index (χ0) is 22.6. The summed E-state index contributed by atoms with van der Waals surface area (Å²) in [6, 6.07) is 0. The summed E-state index contributed by atoms with van der Waals surface area (Å²) in [5.41, 5.74) is 0.200. The standard InChI is InChI=1S/C26H45NO4/c1-5-27-21(29)9-6-15(2)17-7-8-18-22-19(11-13-25(17,18)3)26(4)12-10-16(28)14-20(26)23(30)24(22)31/h15-20,22-24,28,30-31H,5-14H2,1-4H3,(H,27,29)/t15?,16-,17?,18?,19?,20+,22?,23+,24-,25-,26-/m1/s1. The molecule has 0 saturated heterocycles. The summed E-state index contributed by atoms with van der Waals surface area (Å²) in [5.74, 6) is 2.27. The van der Waals surface area contributed by atoms with Crippen LogP contribution in [0.2, 0.25) is 0 Å². The second-order valence-electron chi connectivity index (χ2n) is 12.0. The molecule has 11 atom stereocenters. The van der Waals surface area contributed by atoms with Gasteiger partial charge in [0.2, 0.25) is 5.91 Å². The summed E-state index contributed by atoms with van der Waals surface area (Å²) in [6.07, 6.45) is 6.78. The molecule has 0 aromatic heterocycles. The normalized spacial score (nSPS) is 50.2. The fourth-order valence-electron chi connectivity index (χ4n) is 9.06. The highest BCUT2D eigenvalue weighted by molar-refractivity contribution is 5.75. The molecular weight excluding hydrogens is 390 g/mol. The number of carbonyl (C=O) groups is 1. The van der Waals surface area contributed by atoms with Crippen molar-refractivity contribution in [3.63, 3.8) is 0 Å². The monoisotopic (exact) mass is 435 g/mol. The lowest BCUT2D eigenvalue weighted by Gasteiger charge is -2.63. The SMILES string of the molecule is CCNC(=O)CCC(C)C1CCC2C3C(CC[C@]12C)[C@@]1(C)CC[C@@H](O)C[C@H]1[C@H](O)[C@@H]3O. The van der Waals surface area contributed by atoms with Crippen molar-refractivity contribution in [1.82, 2.24) is 5.32 Å². The average Bonchev–Trinajstić information content (AvgIpc) is 3.08. The molecule has 5 unspecified atom stereocenters. The summed E-state index contributed by atoms with van der Waals surface area (Å²) >= 11 is 0. The first kappa shape index (κ1) is 23.5. The van der Waals surface area contributed by atoms with Crippen LogP contribution in [0.3, 0.4) is 0 Å². The van der Waals surface area contributed by atoms with E-state index in [1.165, 1.54) is 12.8 Å². The molecule has 1 amide bonds. The van der Waals surface area contributed by atoms with Gasteiger partial charge in [-0.05, 0) is 105 Å². The third-order valence-corrected chi connectivity index (χ3v) is 10.7. The topological polar surface area (TPSA) is 89.8 Å². The van der Waals surface area contributed by atoms with Crippen LogP contribution < -0.4 is 5.32 Å². The Labute approximate surface area is 188 Å². The summed E-state index contributed by atoms with van der Waals surface area (Å²) in [7, 11) is 0. The summed E-state index contributed by atoms with van der Waals surface area (Å²) in [4.78, 5) is 12.0. The molecule has 0 aromatic carbocycles. The molecule has 178 valence electrons. The Balaban J connectivity index is 1.53. The molecule has 4 N–H and O–H groups in total.